The van der Waals surface area contributed by atoms with Crippen molar-refractivity contribution in [2.45, 2.75) is 13.1 Å². The summed E-state index contributed by atoms with van der Waals surface area (Å²) in [5.41, 5.74) is 1.99. The van der Waals surface area contributed by atoms with Crippen LogP contribution in [0.4, 0.5) is 4.39 Å². The van der Waals surface area contributed by atoms with Gasteiger partial charge < -0.3 is 14.6 Å². The number of amides is 1. The molecule has 0 fully saturated rings. The molecule has 132 valence electrons. The molecule has 1 amide bonds. The van der Waals surface area contributed by atoms with Gasteiger partial charge in [0.25, 0.3) is 5.91 Å². The number of nitrogens with zero attached hydrogens (tertiary/aromatic N) is 4. The highest BCUT2D eigenvalue weighted by Gasteiger charge is 2.30. The number of rotatable bonds is 2. The Kier molecular flexibility index (Phi) is 3.91. The quantitative estimate of drug-likeness (QED) is 0.767. The Morgan fingerprint density at radius 1 is 1.23 bits per heavy atom. The molecule has 1 N–H and O–H groups in total. The van der Waals surface area contributed by atoms with Crippen molar-refractivity contribution in [2.24, 2.45) is 4.99 Å². The third-order valence-corrected chi connectivity index (χ3v) is 4.60. The summed E-state index contributed by atoms with van der Waals surface area (Å²) in [7, 11) is 1.65. The normalized spacial score (nSPS) is 14.8. The molecule has 1 aliphatic rings. The second-order valence-corrected chi connectivity index (χ2v) is 6.15. The average Bonchev–Trinajstić information content (AvgIpc) is 2.66. The van der Waals surface area contributed by atoms with E-state index in [9.17, 15) is 14.3 Å². The van der Waals surface area contributed by atoms with E-state index in [1.807, 2.05) is 6.07 Å². The monoisotopic (exact) mass is 352 g/mol. The summed E-state index contributed by atoms with van der Waals surface area (Å²) in [6.45, 7) is 1.33. The zero-order chi connectivity index (χ0) is 18.3. The number of hydrogen-bond acceptors (Lipinski definition) is 4. The molecule has 2 aromatic heterocycles. The molecule has 0 bridgehead atoms. The van der Waals surface area contributed by atoms with Gasteiger partial charge in [0.1, 0.15) is 16.8 Å². The van der Waals surface area contributed by atoms with Crippen molar-refractivity contribution in [2.75, 3.05) is 13.6 Å². The second-order valence-electron chi connectivity index (χ2n) is 6.15. The summed E-state index contributed by atoms with van der Waals surface area (Å²) in [6.07, 6.45) is 1.57. The molecule has 7 heteroatoms. The highest BCUT2D eigenvalue weighted by atomic mass is 19.1. The standard InChI is InChI=1S/C19H17FN4O2/c1-21-18-14-3-2-8-22-15(14)17(25)16-19(26)23(9-10-24(16)18)11-12-4-6-13(20)7-5-12/h2-8,25H,9-11H2,1H3. The van der Waals surface area contributed by atoms with Crippen molar-refractivity contribution < 1.29 is 14.3 Å². The summed E-state index contributed by atoms with van der Waals surface area (Å²) in [6, 6.07) is 9.65. The van der Waals surface area contributed by atoms with E-state index in [0.29, 0.717) is 36.0 Å². The third-order valence-electron chi connectivity index (χ3n) is 4.60. The first kappa shape index (κ1) is 16.3. The first-order valence-corrected chi connectivity index (χ1v) is 8.27. The minimum atomic E-state index is -0.316. The van der Waals surface area contributed by atoms with Gasteiger partial charge in [-0.2, -0.15) is 0 Å². The van der Waals surface area contributed by atoms with Crippen molar-refractivity contribution in [1.29, 1.82) is 0 Å². The zero-order valence-electron chi connectivity index (χ0n) is 14.2. The number of aromatic nitrogens is 2. The van der Waals surface area contributed by atoms with Gasteiger partial charge in [0, 0.05) is 38.3 Å². The molecular weight excluding hydrogens is 335 g/mol. The predicted octanol–water partition coefficient (Wildman–Crippen LogP) is 2.07. The van der Waals surface area contributed by atoms with Crippen LogP contribution < -0.4 is 5.49 Å². The van der Waals surface area contributed by atoms with Crippen molar-refractivity contribution in [3.05, 3.63) is 65.2 Å². The number of fused-ring (bicyclic) bond motifs is 2. The molecule has 1 aromatic carbocycles. The molecule has 0 saturated heterocycles. The van der Waals surface area contributed by atoms with E-state index in [4.69, 9.17) is 0 Å². The summed E-state index contributed by atoms with van der Waals surface area (Å²) >= 11 is 0. The maximum absolute atomic E-state index is 13.1. The number of aromatic hydroxyl groups is 1. The molecular formula is C19H17FN4O2. The summed E-state index contributed by atoms with van der Waals surface area (Å²) < 4.78 is 14.8. The van der Waals surface area contributed by atoms with Crippen LogP contribution in [0, 0.1) is 5.82 Å². The van der Waals surface area contributed by atoms with E-state index in [0.717, 1.165) is 5.56 Å². The maximum atomic E-state index is 13.1. The maximum Gasteiger partial charge on any atom is 0.274 e. The van der Waals surface area contributed by atoms with Crippen molar-refractivity contribution in [1.82, 2.24) is 14.5 Å². The van der Waals surface area contributed by atoms with Gasteiger partial charge in [-0.1, -0.05) is 12.1 Å². The lowest BCUT2D eigenvalue weighted by Gasteiger charge is -2.31. The molecule has 1 aliphatic heterocycles. The van der Waals surface area contributed by atoms with Gasteiger partial charge in [-0.15, -0.1) is 0 Å². The fraction of sp³-hybridized carbons (Fsp3) is 0.211. The van der Waals surface area contributed by atoms with Crippen LogP contribution in [0.15, 0.2) is 47.6 Å². The lowest BCUT2D eigenvalue weighted by atomic mass is 10.1. The number of carbonyl (C=O) groups is 1. The average molecular weight is 352 g/mol. The Morgan fingerprint density at radius 3 is 2.73 bits per heavy atom. The van der Waals surface area contributed by atoms with Crippen LogP contribution in [-0.2, 0) is 13.1 Å². The Morgan fingerprint density at radius 2 is 2.00 bits per heavy atom. The predicted molar refractivity (Wildman–Crippen MR) is 94.0 cm³/mol. The van der Waals surface area contributed by atoms with Gasteiger partial charge in [-0.25, -0.2) is 4.39 Å². The zero-order valence-corrected chi connectivity index (χ0v) is 14.2. The number of benzene rings is 1. The Hall–Kier alpha value is -3.22. The van der Waals surface area contributed by atoms with Crippen LogP contribution in [0.3, 0.4) is 0 Å². The molecule has 3 aromatic rings. The molecule has 0 aliphatic carbocycles. The Balaban J connectivity index is 1.81. The van der Waals surface area contributed by atoms with Gasteiger partial charge >= 0.3 is 0 Å². The largest absolute Gasteiger partial charge is 0.504 e. The van der Waals surface area contributed by atoms with Gasteiger partial charge in [0.15, 0.2) is 11.4 Å². The molecule has 6 nitrogen and oxygen atoms in total. The minimum absolute atomic E-state index is 0.137. The molecule has 26 heavy (non-hydrogen) atoms. The molecule has 0 unspecified atom stereocenters. The molecule has 4 rings (SSSR count). The van der Waals surface area contributed by atoms with E-state index >= 15 is 0 Å². The van der Waals surface area contributed by atoms with Crippen LogP contribution >= 0.6 is 0 Å². The molecule has 0 atom stereocenters. The van der Waals surface area contributed by atoms with Crippen LogP contribution in [-0.4, -0.2) is 39.1 Å². The van der Waals surface area contributed by atoms with E-state index in [1.54, 1.807) is 40.9 Å². The topological polar surface area (TPSA) is 70.7 Å². The number of pyridine rings is 2. The molecule has 0 spiro atoms. The fourth-order valence-electron chi connectivity index (χ4n) is 3.37. The molecule has 0 radical (unpaired) electrons. The van der Waals surface area contributed by atoms with Crippen molar-refractivity contribution in [3.63, 3.8) is 0 Å². The first-order chi connectivity index (χ1) is 12.6. The minimum Gasteiger partial charge on any atom is -0.504 e. The van der Waals surface area contributed by atoms with Gasteiger partial charge in [-0.3, -0.25) is 14.8 Å². The van der Waals surface area contributed by atoms with Crippen LogP contribution in [0.2, 0.25) is 0 Å². The second kappa shape index (κ2) is 6.25. The molecule has 0 saturated carbocycles. The Bertz CT molecular complexity index is 1070. The third kappa shape index (κ3) is 2.52. The highest BCUT2D eigenvalue weighted by Crippen LogP contribution is 2.28. The van der Waals surface area contributed by atoms with Gasteiger partial charge in [0.2, 0.25) is 0 Å². The molecule has 3 heterocycles. The van der Waals surface area contributed by atoms with Crippen LogP contribution in [0.5, 0.6) is 5.75 Å². The first-order valence-electron chi connectivity index (χ1n) is 8.27. The van der Waals surface area contributed by atoms with Crippen molar-refractivity contribution in [3.8, 4) is 5.75 Å². The summed E-state index contributed by atoms with van der Waals surface area (Å²) in [5, 5.41) is 11.4. The van der Waals surface area contributed by atoms with Crippen LogP contribution in [0.1, 0.15) is 16.1 Å². The SMILES string of the molecule is CN=c1c2cccnc2c(O)c2n1CCN(Cc1ccc(F)cc1)C2=O. The number of hydrogen-bond donors (Lipinski definition) is 1. The van der Waals surface area contributed by atoms with E-state index in [2.05, 4.69) is 9.98 Å². The lowest BCUT2D eigenvalue weighted by molar-refractivity contribution is 0.0682. The summed E-state index contributed by atoms with van der Waals surface area (Å²) in [4.78, 5) is 23.2. The lowest BCUT2D eigenvalue weighted by Crippen LogP contribution is -2.44. The highest BCUT2D eigenvalue weighted by molar-refractivity contribution is 6.01. The number of carbonyl (C=O) groups excluding carboxylic acids is 1. The summed E-state index contributed by atoms with van der Waals surface area (Å²) in [5.74, 6) is -0.749. The van der Waals surface area contributed by atoms with Crippen molar-refractivity contribution >= 4 is 16.8 Å². The van der Waals surface area contributed by atoms with Crippen LogP contribution in [0.25, 0.3) is 10.9 Å². The number of halogens is 1. The smallest absolute Gasteiger partial charge is 0.274 e. The van der Waals surface area contributed by atoms with Gasteiger partial charge in [-0.05, 0) is 29.8 Å². The fourth-order valence-corrected chi connectivity index (χ4v) is 3.37. The Labute approximate surface area is 148 Å². The van der Waals surface area contributed by atoms with E-state index < -0.39 is 0 Å². The van der Waals surface area contributed by atoms with E-state index in [-0.39, 0.29) is 23.2 Å². The van der Waals surface area contributed by atoms with Gasteiger partial charge in [0.05, 0.1) is 0 Å². The van der Waals surface area contributed by atoms with E-state index in [1.165, 1.54) is 12.1 Å².